The van der Waals surface area contributed by atoms with Gasteiger partial charge in [-0.25, -0.2) is 0 Å². The number of hydrogen-bond donors (Lipinski definition) is 2. The Morgan fingerprint density at radius 1 is 1.57 bits per heavy atom. The van der Waals surface area contributed by atoms with Crippen LogP contribution in [0.1, 0.15) is 26.7 Å². The summed E-state index contributed by atoms with van der Waals surface area (Å²) < 4.78 is 0. The fourth-order valence-electron chi connectivity index (χ4n) is 1.25. The minimum absolute atomic E-state index is 0.0494. The molecule has 1 amide bonds. The monoisotopic (exact) mass is 197 g/mol. The van der Waals surface area contributed by atoms with Crippen molar-refractivity contribution in [1.29, 1.82) is 0 Å². The van der Waals surface area contributed by atoms with Crippen molar-refractivity contribution >= 4 is 11.7 Å². The minimum Gasteiger partial charge on any atom is -0.365 e. The molecule has 0 saturated carbocycles. The van der Waals surface area contributed by atoms with Crippen LogP contribution in [0.3, 0.4) is 0 Å². The molecular weight excluding hydrogens is 178 g/mol. The molecule has 1 heterocycles. The largest absolute Gasteiger partial charge is 0.365 e. The van der Waals surface area contributed by atoms with Crippen LogP contribution in [0.5, 0.6) is 0 Å². The highest BCUT2D eigenvalue weighted by atomic mass is 16.1. The molecule has 1 aliphatic heterocycles. The first kappa shape index (κ1) is 11.0. The maximum atomic E-state index is 11.3. The number of nitrogens with one attached hydrogen (secondary N) is 2. The van der Waals surface area contributed by atoms with E-state index in [4.69, 9.17) is 0 Å². The Morgan fingerprint density at radius 2 is 2.36 bits per heavy atom. The van der Waals surface area contributed by atoms with Crippen molar-refractivity contribution < 1.29 is 4.79 Å². The summed E-state index contributed by atoms with van der Waals surface area (Å²) in [6.07, 6.45) is 2.09. The van der Waals surface area contributed by atoms with Crippen molar-refractivity contribution in [1.82, 2.24) is 10.6 Å². The van der Waals surface area contributed by atoms with E-state index < -0.39 is 0 Å². The van der Waals surface area contributed by atoms with E-state index >= 15 is 0 Å². The van der Waals surface area contributed by atoms with Gasteiger partial charge in [-0.2, -0.15) is 0 Å². The zero-order valence-electron chi connectivity index (χ0n) is 8.97. The molecule has 0 bridgehead atoms. The molecule has 14 heavy (non-hydrogen) atoms. The van der Waals surface area contributed by atoms with E-state index in [1.54, 1.807) is 0 Å². The third kappa shape index (κ3) is 4.25. The number of amides is 1. The van der Waals surface area contributed by atoms with Gasteiger partial charge in [-0.05, 0) is 12.3 Å². The quantitative estimate of drug-likeness (QED) is 0.691. The number of carbonyl (C=O) groups excluding carboxylic acids is 1. The molecule has 0 saturated heterocycles. The Balaban J connectivity index is 2.08. The SMILES string of the molecule is CC(C)CNC(=O)CNC1=NCCC1. The first-order valence-electron chi connectivity index (χ1n) is 5.22. The van der Waals surface area contributed by atoms with E-state index in [1.807, 2.05) is 0 Å². The second-order valence-corrected chi connectivity index (χ2v) is 3.98. The smallest absolute Gasteiger partial charge is 0.239 e. The molecule has 1 rings (SSSR count). The standard InChI is InChI=1S/C10H19N3O/c1-8(2)6-13-10(14)7-12-9-4-3-5-11-9/h8H,3-7H2,1-2H3,(H,11,12)(H,13,14). The molecular formula is C10H19N3O. The first-order chi connectivity index (χ1) is 6.68. The van der Waals surface area contributed by atoms with Crippen LogP contribution in [0, 0.1) is 5.92 Å². The van der Waals surface area contributed by atoms with Gasteiger partial charge in [0.1, 0.15) is 0 Å². The summed E-state index contributed by atoms with van der Waals surface area (Å²) in [5.41, 5.74) is 0. The van der Waals surface area contributed by atoms with Crippen LogP contribution in [0.25, 0.3) is 0 Å². The molecule has 0 radical (unpaired) electrons. The van der Waals surface area contributed by atoms with Crippen LogP contribution in [0.2, 0.25) is 0 Å². The molecule has 0 aromatic rings. The van der Waals surface area contributed by atoms with E-state index in [2.05, 4.69) is 29.5 Å². The number of amidine groups is 1. The number of carbonyl (C=O) groups is 1. The van der Waals surface area contributed by atoms with Crippen molar-refractivity contribution in [2.45, 2.75) is 26.7 Å². The van der Waals surface area contributed by atoms with Crippen molar-refractivity contribution in [3.8, 4) is 0 Å². The predicted molar refractivity (Wildman–Crippen MR) is 57.4 cm³/mol. The fourth-order valence-corrected chi connectivity index (χ4v) is 1.25. The predicted octanol–water partition coefficient (Wildman–Crippen LogP) is 0.540. The molecule has 0 aromatic heterocycles. The third-order valence-electron chi connectivity index (χ3n) is 2.03. The molecule has 0 unspecified atom stereocenters. The molecule has 1 aliphatic rings. The maximum absolute atomic E-state index is 11.3. The van der Waals surface area contributed by atoms with Gasteiger partial charge in [0, 0.05) is 19.5 Å². The molecule has 0 aliphatic carbocycles. The molecule has 2 N–H and O–H groups in total. The molecule has 0 spiro atoms. The Kier molecular flexibility index (Phi) is 4.43. The van der Waals surface area contributed by atoms with Gasteiger partial charge in [-0.15, -0.1) is 0 Å². The van der Waals surface area contributed by atoms with Gasteiger partial charge in [0.25, 0.3) is 0 Å². The Morgan fingerprint density at radius 3 is 2.93 bits per heavy atom. The van der Waals surface area contributed by atoms with E-state index in [0.717, 1.165) is 31.8 Å². The van der Waals surface area contributed by atoms with Gasteiger partial charge in [-0.3, -0.25) is 9.79 Å². The molecule has 4 heteroatoms. The highest BCUT2D eigenvalue weighted by molar-refractivity contribution is 5.88. The lowest BCUT2D eigenvalue weighted by Crippen LogP contribution is -2.37. The van der Waals surface area contributed by atoms with Crippen LogP contribution in [0.4, 0.5) is 0 Å². The van der Waals surface area contributed by atoms with Crippen molar-refractivity contribution in [3.05, 3.63) is 0 Å². The summed E-state index contributed by atoms with van der Waals surface area (Å²) in [4.78, 5) is 15.5. The van der Waals surface area contributed by atoms with Crippen molar-refractivity contribution in [3.63, 3.8) is 0 Å². The van der Waals surface area contributed by atoms with E-state index in [9.17, 15) is 4.79 Å². The lowest BCUT2D eigenvalue weighted by atomic mass is 10.2. The Labute approximate surface area is 85.2 Å². The molecule has 0 aromatic carbocycles. The summed E-state index contributed by atoms with van der Waals surface area (Å²) in [6.45, 7) is 6.15. The molecule has 0 atom stereocenters. The van der Waals surface area contributed by atoms with Crippen molar-refractivity contribution in [2.24, 2.45) is 10.9 Å². The van der Waals surface area contributed by atoms with Crippen LogP contribution in [-0.4, -0.2) is 31.4 Å². The Bertz CT molecular complexity index is 223. The maximum Gasteiger partial charge on any atom is 0.239 e. The minimum atomic E-state index is 0.0494. The highest BCUT2D eigenvalue weighted by Gasteiger charge is 2.07. The zero-order valence-corrected chi connectivity index (χ0v) is 8.97. The molecule has 0 fully saturated rings. The van der Waals surface area contributed by atoms with E-state index in [0.29, 0.717) is 12.5 Å². The number of aliphatic imine (C=N–C) groups is 1. The summed E-state index contributed by atoms with van der Waals surface area (Å²) in [6, 6.07) is 0. The van der Waals surface area contributed by atoms with Gasteiger partial charge in [0.05, 0.1) is 12.4 Å². The van der Waals surface area contributed by atoms with Crippen LogP contribution in [-0.2, 0) is 4.79 Å². The summed E-state index contributed by atoms with van der Waals surface area (Å²) >= 11 is 0. The second kappa shape index (κ2) is 5.62. The van der Waals surface area contributed by atoms with Gasteiger partial charge < -0.3 is 10.6 Å². The van der Waals surface area contributed by atoms with Crippen LogP contribution in [0.15, 0.2) is 4.99 Å². The third-order valence-corrected chi connectivity index (χ3v) is 2.03. The van der Waals surface area contributed by atoms with Crippen LogP contribution < -0.4 is 10.6 Å². The van der Waals surface area contributed by atoms with Gasteiger partial charge in [0.15, 0.2) is 0 Å². The average Bonchev–Trinajstić information content (AvgIpc) is 2.63. The average molecular weight is 197 g/mol. The second-order valence-electron chi connectivity index (χ2n) is 3.98. The normalized spacial score (nSPS) is 15.5. The van der Waals surface area contributed by atoms with E-state index in [1.165, 1.54) is 0 Å². The highest BCUT2D eigenvalue weighted by Crippen LogP contribution is 2.00. The van der Waals surface area contributed by atoms with Gasteiger partial charge in [0.2, 0.25) is 5.91 Å². The number of hydrogen-bond acceptors (Lipinski definition) is 3. The molecule has 4 nitrogen and oxygen atoms in total. The summed E-state index contributed by atoms with van der Waals surface area (Å²) in [5, 5.41) is 5.89. The fraction of sp³-hybridized carbons (Fsp3) is 0.800. The summed E-state index contributed by atoms with van der Waals surface area (Å²) in [7, 11) is 0. The first-order valence-corrected chi connectivity index (χ1v) is 5.22. The number of nitrogens with zero attached hydrogens (tertiary/aromatic N) is 1. The van der Waals surface area contributed by atoms with Crippen LogP contribution >= 0.6 is 0 Å². The topological polar surface area (TPSA) is 53.5 Å². The number of rotatable bonds is 4. The van der Waals surface area contributed by atoms with Crippen molar-refractivity contribution in [2.75, 3.05) is 19.6 Å². The van der Waals surface area contributed by atoms with E-state index in [-0.39, 0.29) is 5.91 Å². The zero-order chi connectivity index (χ0) is 10.4. The molecule has 80 valence electrons. The Hall–Kier alpha value is -1.06. The summed E-state index contributed by atoms with van der Waals surface area (Å²) in [5.74, 6) is 1.53. The van der Waals surface area contributed by atoms with Gasteiger partial charge >= 0.3 is 0 Å². The van der Waals surface area contributed by atoms with Gasteiger partial charge in [-0.1, -0.05) is 13.8 Å². The lowest BCUT2D eigenvalue weighted by molar-refractivity contribution is -0.120. The lowest BCUT2D eigenvalue weighted by Gasteiger charge is -2.08.